The maximum Gasteiger partial charge on any atom is 0.264 e. The lowest BCUT2D eigenvalue weighted by molar-refractivity contribution is -0.115. The number of nitrogens with zero attached hydrogens (tertiary/aromatic N) is 1. The Morgan fingerprint density at radius 1 is 0.844 bits per heavy atom. The highest BCUT2D eigenvalue weighted by Crippen LogP contribution is 2.24. The van der Waals surface area contributed by atoms with E-state index in [0.717, 1.165) is 22.0 Å². The zero-order valence-corrected chi connectivity index (χ0v) is 18.3. The highest BCUT2D eigenvalue weighted by Gasteiger charge is 2.27. The van der Waals surface area contributed by atoms with E-state index >= 15 is 0 Å². The molecule has 0 radical (unpaired) electrons. The van der Waals surface area contributed by atoms with Crippen molar-refractivity contribution >= 4 is 38.9 Å². The van der Waals surface area contributed by atoms with Crippen molar-refractivity contribution in [3.63, 3.8) is 0 Å². The van der Waals surface area contributed by atoms with E-state index in [1.54, 1.807) is 36.4 Å². The van der Waals surface area contributed by atoms with Crippen LogP contribution in [0.15, 0.2) is 77.7 Å². The Balaban J connectivity index is 1.85. The van der Waals surface area contributed by atoms with E-state index in [2.05, 4.69) is 10.6 Å². The molecule has 32 heavy (non-hydrogen) atoms. The van der Waals surface area contributed by atoms with Gasteiger partial charge in [0.1, 0.15) is 12.4 Å². The number of carbonyl (C=O) groups excluding carboxylic acids is 2. The molecule has 0 saturated carbocycles. The van der Waals surface area contributed by atoms with Gasteiger partial charge in [0.2, 0.25) is 11.8 Å². The summed E-state index contributed by atoms with van der Waals surface area (Å²) in [6, 6.07) is 17.5. The molecule has 0 aliphatic heterocycles. The normalized spacial score (nSPS) is 11.0. The molecule has 2 amide bonds. The van der Waals surface area contributed by atoms with Gasteiger partial charge < -0.3 is 10.6 Å². The first kappa shape index (κ1) is 23.0. The number of rotatable bonds is 7. The molecule has 0 fully saturated rings. The maximum absolute atomic E-state index is 13.4. The number of nitrogens with one attached hydrogen (secondary N) is 2. The predicted octanol–water partition coefficient (Wildman–Crippen LogP) is 3.93. The van der Waals surface area contributed by atoms with Gasteiger partial charge in [0.25, 0.3) is 10.0 Å². The summed E-state index contributed by atoms with van der Waals surface area (Å²) in [5, 5.41) is 5.25. The van der Waals surface area contributed by atoms with Crippen molar-refractivity contribution < 1.29 is 22.4 Å². The SMILES string of the molecule is CC(=O)Nc1ccc(NC(=O)CN(c2ccc(F)cc2)S(=O)(=O)c2ccc(C)cc2)cc1. The van der Waals surface area contributed by atoms with Crippen molar-refractivity contribution in [3.05, 3.63) is 84.2 Å². The van der Waals surface area contributed by atoms with Crippen LogP contribution in [0.4, 0.5) is 21.5 Å². The zero-order chi connectivity index (χ0) is 23.3. The van der Waals surface area contributed by atoms with Crippen molar-refractivity contribution in [1.82, 2.24) is 0 Å². The highest BCUT2D eigenvalue weighted by molar-refractivity contribution is 7.92. The molecule has 0 spiro atoms. The largest absolute Gasteiger partial charge is 0.326 e. The van der Waals surface area contributed by atoms with Gasteiger partial charge in [0.05, 0.1) is 10.6 Å². The molecule has 3 aromatic rings. The number of aryl methyl sites for hydroxylation is 1. The number of carbonyl (C=O) groups is 2. The molecule has 2 N–H and O–H groups in total. The van der Waals surface area contributed by atoms with E-state index in [-0.39, 0.29) is 16.5 Å². The minimum Gasteiger partial charge on any atom is -0.326 e. The molecule has 0 atom stereocenters. The molecule has 166 valence electrons. The van der Waals surface area contributed by atoms with Crippen LogP contribution >= 0.6 is 0 Å². The lowest BCUT2D eigenvalue weighted by Gasteiger charge is -2.24. The molecule has 0 unspecified atom stereocenters. The van der Waals surface area contributed by atoms with Gasteiger partial charge in [0, 0.05) is 18.3 Å². The second-order valence-electron chi connectivity index (χ2n) is 7.11. The number of halogens is 1. The molecule has 0 saturated heterocycles. The van der Waals surface area contributed by atoms with E-state index in [4.69, 9.17) is 0 Å². The molecule has 3 aromatic carbocycles. The zero-order valence-electron chi connectivity index (χ0n) is 17.5. The Labute approximate surface area is 185 Å². The molecular weight excluding hydrogens is 433 g/mol. The summed E-state index contributed by atoms with van der Waals surface area (Å²) < 4.78 is 40.9. The number of anilines is 3. The van der Waals surface area contributed by atoms with Crippen LogP contribution in [-0.4, -0.2) is 26.8 Å². The van der Waals surface area contributed by atoms with Crippen molar-refractivity contribution in [1.29, 1.82) is 0 Å². The summed E-state index contributed by atoms with van der Waals surface area (Å²) in [5.41, 5.74) is 2.03. The Hall–Kier alpha value is -3.72. The Morgan fingerprint density at radius 2 is 1.38 bits per heavy atom. The van der Waals surface area contributed by atoms with Crippen LogP contribution in [0.2, 0.25) is 0 Å². The predicted molar refractivity (Wildman–Crippen MR) is 121 cm³/mol. The smallest absolute Gasteiger partial charge is 0.264 e. The average Bonchev–Trinajstić information content (AvgIpc) is 2.74. The van der Waals surface area contributed by atoms with Crippen molar-refractivity contribution in [2.45, 2.75) is 18.7 Å². The van der Waals surface area contributed by atoms with Gasteiger partial charge in [-0.15, -0.1) is 0 Å². The van der Waals surface area contributed by atoms with E-state index in [9.17, 15) is 22.4 Å². The first-order valence-electron chi connectivity index (χ1n) is 9.67. The van der Waals surface area contributed by atoms with E-state index in [1.807, 2.05) is 6.92 Å². The Morgan fingerprint density at radius 3 is 1.91 bits per heavy atom. The molecule has 0 heterocycles. The van der Waals surface area contributed by atoms with Crippen molar-refractivity contribution in [2.75, 3.05) is 21.5 Å². The van der Waals surface area contributed by atoms with Gasteiger partial charge in [-0.25, -0.2) is 12.8 Å². The van der Waals surface area contributed by atoms with Gasteiger partial charge in [-0.1, -0.05) is 17.7 Å². The van der Waals surface area contributed by atoms with Gasteiger partial charge >= 0.3 is 0 Å². The molecule has 7 nitrogen and oxygen atoms in total. The van der Waals surface area contributed by atoms with E-state index in [1.165, 1.54) is 31.2 Å². The average molecular weight is 456 g/mol. The van der Waals surface area contributed by atoms with Crippen LogP contribution in [0.5, 0.6) is 0 Å². The second-order valence-corrected chi connectivity index (χ2v) is 8.97. The van der Waals surface area contributed by atoms with Crippen LogP contribution in [-0.2, 0) is 19.6 Å². The Kier molecular flexibility index (Phi) is 6.89. The van der Waals surface area contributed by atoms with Crippen LogP contribution in [0.25, 0.3) is 0 Å². The molecule has 0 aliphatic carbocycles. The summed E-state index contributed by atoms with van der Waals surface area (Å²) in [4.78, 5) is 23.8. The van der Waals surface area contributed by atoms with Crippen LogP contribution in [0.1, 0.15) is 12.5 Å². The number of amides is 2. The molecule has 9 heteroatoms. The topological polar surface area (TPSA) is 95.6 Å². The third-order valence-corrected chi connectivity index (χ3v) is 6.29. The number of hydrogen-bond acceptors (Lipinski definition) is 4. The number of hydrogen-bond donors (Lipinski definition) is 2. The lowest BCUT2D eigenvalue weighted by Crippen LogP contribution is -2.38. The minimum atomic E-state index is -4.09. The van der Waals surface area contributed by atoms with Gasteiger partial charge in [-0.2, -0.15) is 0 Å². The second kappa shape index (κ2) is 9.61. The first-order valence-corrected chi connectivity index (χ1v) is 11.1. The molecule has 3 rings (SSSR count). The molecule has 0 aliphatic rings. The van der Waals surface area contributed by atoms with Gasteiger partial charge in [-0.05, 0) is 67.6 Å². The summed E-state index contributed by atoms with van der Waals surface area (Å²) in [7, 11) is -4.09. The number of sulfonamides is 1. The van der Waals surface area contributed by atoms with E-state index < -0.39 is 28.3 Å². The Bertz CT molecular complexity index is 1210. The summed E-state index contributed by atoms with van der Waals surface area (Å²) in [6.07, 6.45) is 0. The van der Waals surface area contributed by atoms with Crippen molar-refractivity contribution in [3.8, 4) is 0 Å². The maximum atomic E-state index is 13.4. The first-order chi connectivity index (χ1) is 15.1. The van der Waals surface area contributed by atoms with Crippen molar-refractivity contribution in [2.24, 2.45) is 0 Å². The fraction of sp³-hybridized carbons (Fsp3) is 0.130. The fourth-order valence-corrected chi connectivity index (χ4v) is 4.35. The van der Waals surface area contributed by atoms with Crippen LogP contribution in [0, 0.1) is 12.7 Å². The van der Waals surface area contributed by atoms with Gasteiger partial charge in [0.15, 0.2) is 0 Å². The summed E-state index contributed by atoms with van der Waals surface area (Å²) in [5.74, 6) is -1.33. The fourth-order valence-electron chi connectivity index (χ4n) is 2.93. The quantitative estimate of drug-likeness (QED) is 0.564. The molecule has 0 aromatic heterocycles. The highest BCUT2D eigenvalue weighted by atomic mass is 32.2. The van der Waals surface area contributed by atoms with E-state index in [0.29, 0.717) is 11.4 Å². The molecular formula is C23H22FN3O4S. The summed E-state index contributed by atoms with van der Waals surface area (Å²) in [6.45, 7) is 2.70. The third kappa shape index (κ3) is 5.70. The van der Waals surface area contributed by atoms with Crippen LogP contribution in [0.3, 0.4) is 0 Å². The minimum absolute atomic E-state index is 0.0138. The monoisotopic (exact) mass is 455 g/mol. The molecule has 0 bridgehead atoms. The number of benzene rings is 3. The van der Waals surface area contributed by atoms with Gasteiger partial charge in [-0.3, -0.25) is 13.9 Å². The lowest BCUT2D eigenvalue weighted by atomic mass is 10.2. The summed E-state index contributed by atoms with van der Waals surface area (Å²) >= 11 is 0. The third-order valence-electron chi connectivity index (χ3n) is 4.50. The standard InChI is InChI=1S/C23H22FN3O4S/c1-16-3-13-22(14-4-16)32(30,31)27(21-11-5-18(24)6-12-21)15-23(29)26-20-9-7-19(8-10-20)25-17(2)28/h3-14H,15H2,1-2H3,(H,25,28)(H,26,29). The van der Waals surface area contributed by atoms with Crippen LogP contribution < -0.4 is 14.9 Å².